The average Bonchev–Trinajstić information content (AvgIpc) is 2.47. The second kappa shape index (κ2) is 5.49. The van der Waals surface area contributed by atoms with Crippen molar-refractivity contribution in [1.82, 2.24) is 15.0 Å². The van der Waals surface area contributed by atoms with E-state index in [1.165, 1.54) is 0 Å². The maximum absolute atomic E-state index is 5.72. The van der Waals surface area contributed by atoms with Crippen LogP contribution in [0.2, 0.25) is 0 Å². The summed E-state index contributed by atoms with van der Waals surface area (Å²) in [4.78, 5) is 17.5. The molecule has 1 aromatic heterocycles. The normalized spacial score (nSPS) is 22.9. The highest BCUT2D eigenvalue weighted by atomic mass is 16.5. The highest BCUT2D eigenvalue weighted by Crippen LogP contribution is 2.21. The number of ether oxygens (including phenoxy) is 2. The maximum Gasteiger partial charge on any atom is 0.230 e. The van der Waals surface area contributed by atoms with Gasteiger partial charge >= 0.3 is 0 Å². The largest absolute Gasteiger partial charge is 0.378 e. The Bertz CT molecular complexity index is 462. The number of hydrogen-bond donors (Lipinski definition) is 0. The van der Waals surface area contributed by atoms with Crippen molar-refractivity contribution in [3.63, 3.8) is 0 Å². The fraction of sp³-hybridized carbons (Fsp3) is 0.769. The van der Waals surface area contributed by atoms with Crippen LogP contribution < -0.4 is 9.80 Å². The SMILES string of the molecule is CC1(C)CN(c2ncnc(N3CCOCC3)n2)CCO1. The molecule has 0 aromatic carbocycles. The van der Waals surface area contributed by atoms with E-state index >= 15 is 0 Å². The first-order chi connectivity index (χ1) is 9.64. The Kier molecular flexibility index (Phi) is 3.71. The van der Waals surface area contributed by atoms with E-state index in [9.17, 15) is 0 Å². The Morgan fingerprint density at radius 3 is 2.35 bits per heavy atom. The Hall–Kier alpha value is -1.47. The zero-order valence-corrected chi connectivity index (χ0v) is 12.1. The van der Waals surface area contributed by atoms with Crippen LogP contribution in [-0.4, -0.2) is 66.6 Å². The summed E-state index contributed by atoms with van der Waals surface area (Å²) in [7, 11) is 0. The lowest BCUT2D eigenvalue weighted by molar-refractivity contribution is -0.0281. The molecule has 0 atom stereocenters. The molecule has 7 nitrogen and oxygen atoms in total. The van der Waals surface area contributed by atoms with Gasteiger partial charge in [-0.2, -0.15) is 4.98 Å². The summed E-state index contributed by atoms with van der Waals surface area (Å²) in [5, 5.41) is 0. The Balaban J connectivity index is 1.76. The molecule has 1 aromatic rings. The Morgan fingerprint density at radius 2 is 1.65 bits per heavy atom. The third-order valence-electron chi connectivity index (χ3n) is 3.55. The highest BCUT2D eigenvalue weighted by Gasteiger charge is 2.29. The Morgan fingerprint density at radius 1 is 1.00 bits per heavy atom. The van der Waals surface area contributed by atoms with Crippen molar-refractivity contribution in [1.29, 1.82) is 0 Å². The second-order valence-corrected chi connectivity index (χ2v) is 5.71. The fourth-order valence-electron chi connectivity index (χ4n) is 2.53. The molecule has 2 aliphatic rings. The van der Waals surface area contributed by atoms with Gasteiger partial charge in [0.05, 0.1) is 25.4 Å². The molecule has 7 heteroatoms. The first-order valence-electron chi connectivity index (χ1n) is 7.05. The van der Waals surface area contributed by atoms with Gasteiger partial charge in [-0.05, 0) is 13.8 Å². The van der Waals surface area contributed by atoms with Crippen LogP contribution in [0.25, 0.3) is 0 Å². The summed E-state index contributed by atoms with van der Waals surface area (Å²) >= 11 is 0. The van der Waals surface area contributed by atoms with E-state index in [1.807, 2.05) is 0 Å². The van der Waals surface area contributed by atoms with Crippen molar-refractivity contribution in [2.24, 2.45) is 0 Å². The number of nitrogens with zero attached hydrogens (tertiary/aromatic N) is 5. The van der Waals surface area contributed by atoms with Gasteiger partial charge in [-0.3, -0.25) is 0 Å². The van der Waals surface area contributed by atoms with Crippen molar-refractivity contribution >= 4 is 11.9 Å². The lowest BCUT2D eigenvalue weighted by atomic mass is 10.1. The van der Waals surface area contributed by atoms with Gasteiger partial charge in [0.25, 0.3) is 0 Å². The highest BCUT2D eigenvalue weighted by molar-refractivity contribution is 5.38. The molecule has 0 N–H and O–H groups in total. The van der Waals surface area contributed by atoms with Gasteiger partial charge in [0.15, 0.2) is 0 Å². The van der Waals surface area contributed by atoms with E-state index in [0.29, 0.717) is 6.61 Å². The summed E-state index contributed by atoms with van der Waals surface area (Å²) in [5.74, 6) is 1.47. The number of anilines is 2. The monoisotopic (exact) mass is 279 g/mol. The standard InChI is InChI=1S/C13H21N5O2/c1-13(2)9-18(5-8-20-13)12-15-10-14-11(16-12)17-3-6-19-7-4-17/h10H,3-9H2,1-2H3. The van der Waals surface area contributed by atoms with Crippen LogP contribution in [0.4, 0.5) is 11.9 Å². The van der Waals surface area contributed by atoms with Crippen molar-refractivity contribution in [3.8, 4) is 0 Å². The van der Waals surface area contributed by atoms with E-state index in [4.69, 9.17) is 9.47 Å². The van der Waals surface area contributed by atoms with Crippen molar-refractivity contribution in [3.05, 3.63) is 6.33 Å². The molecule has 0 radical (unpaired) electrons. The molecule has 0 unspecified atom stereocenters. The van der Waals surface area contributed by atoms with Gasteiger partial charge in [-0.1, -0.05) is 0 Å². The molecule has 2 saturated heterocycles. The summed E-state index contributed by atoms with van der Waals surface area (Å²) in [6.07, 6.45) is 1.59. The molecule has 3 rings (SSSR count). The van der Waals surface area contributed by atoms with Crippen LogP contribution in [-0.2, 0) is 9.47 Å². The zero-order chi connectivity index (χ0) is 14.0. The lowest BCUT2D eigenvalue weighted by Crippen LogP contribution is -2.49. The van der Waals surface area contributed by atoms with Gasteiger partial charge in [-0.25, -0.2) is 9.97 Å². The quantitative estimate of drug-likeness (QED) is 0.772. The second-order valence-electron chi connectivity index (χ2n) is 5.71. The predicted octanol–water partition coefficient (Wildman–Crippen LogP) is 0.323. The minimum atomic E-state index is -0.163. The minimum Gasteiger partial charge on any atom is -0.378 e. The van der Waals surface area contributed by atoms with Gasteiger partial charge < -0.3 is 19.3 Å². The van der Waals surface area contributed by atoms with Crippen molar-refractivity contribution in [2.45, 2.75) is 19.4 Å². The van der Waals surface area contributed by atoms with Crippen molar-refractivity contribution in [2.75, 3.05) is 55.8 Å². The molecule has 0 aliphatic carbocycles. The van der Waals surface area contributed by atoms with Gasteiger partial charge in [0, 0.05) is 26.2 Å². The van der Waals surface area contributed by atoms with Crippen LogP contribution in [0.15, 0.2) is 6.33 Å². The van der Waals surface area contributed by atoms with Gasteiger partial charge in [-0.15, -0.1) is 0 Å². The molecular formula is C13H21N5O2. The number of hydrogen-bond acceptors (Lipinski definition) is 7. The predicted molar refractivity (Wildman–Crippen MR) is 75.1 cm³/mol. The zero-order valence-electron chi connectivity index (χ0n) is 12.1. The van der Waals surface area contributed by atoms with E-state index in [2.05, 4.69) is 38.6 Å². The third-order valence-corrected chi connectivity index (χ3v) is 3.55. The van der Waals surface area contributed by atoms with Crippen LogP contribution in [0.3, 0.4) is 0 Å². The smallest absolute Gasteiger partial charge is 0.230 e. The summed E-state index contributed by atoms with van der Waals surface area (Å²) in [5.41, 5.74) is -0.163. The molecule has 3 heterocycles. The van der Waals surface area contributed by atoms with E-state index in [1.54, 1.807) is 6.33 Å². The van der Waals surface area contributed by atoms with E-state index in [-0.39, 0.29) is 5.60 Å². The van der Waals surface area contributed by atoms with E-state index < -0.39 is 0 Å². The molecule has 0 amide bonds. The summed E-state index contributed by atoms with van der Waals surface area (Å²) < 4.78 is 11.1. The van der Waals surface area contributed by atoms with Crippen LogP contribution >= 0.6 is 0 Å². The number of rotatable bonds is 2. The first-order valence-corrected chi connectivity index (χ1v) is 7.05. The molecular weight excluding hydrogens is 258 g/mol. The topological polar surface area (TPSA) is 63.6 Å². The molecule has 0 bridgehead atoms. The molecule has 20 heavy (non-hydrogen) atoms. The summed E-state index contributed by atoms with van der Waals surface area (Å²) in [6, 6.07) is 0. The maximum atomic E-state index is 5.72. The van der Waals surface area contributed by atoms with E-state index in [0.717, 1.165) is 51.3 Å². The molecule has 110 valence electrons. The fourth-order valence-corrected chi connectivity index (χ4v) is 2.53. The lowest BCUT2D eigenvalue weighted by Gasteiger charge is -2.38. The van der Waals surface area contributed by atoms with Crippen molar-refractivity contribution < 1.29 is 9.47 Å². The van der Waals surface area contributed by atoms with Crippen LogP contribution in [0, 0.1) is 0 Å². The first kappa shape index (κ1) is 13.5. The summed E-state index contributed by atoms with van der Waals surface area (Å²) in [6.45, 7) is 9.60. The molecule has 0 saturated carbocycles. The molecule has 2 aliphatic heterocycles. The van der Waals surface area contributed by atoms with Crippen LogP contribution in [0.1, 0.15) is 13.8 Å². The number of morpholine rings is 2. The van der Waals surface area contributed by atoms with Gasteiger partial charge in [0.2, 0.25) is 11.9 Å². The third kappa shape index (κ3) is 2.99. The average molecular weight is 279 g/mol. The molecule has 0 spiro atoms. The number of aromatic nitrogens is 3. The van der Waals surface area contributed by atoms with Gasteiger partial charge in [0.1, 0.15) is 6.33 Å². The minimum absolute atomic E-state index is 0.163. The molecule has 2 fully saturated rings. The Labute approximate surface area is 118 Å². The van der Waals surface area contributed by atoms with Crippen LogP contribution in [0.5, 0.6) is 0 Å².